The summed E-state index contributed by atoms with van der Waals surface area (Å²) in [7, 11) is -3.64. The molecule has 2 aromatic carbocycles. The van der Waals surface area contributed by atoms with Crippen molar-refractivity contribution in [3.05, 3.63) is 64.7 Å². The zero-order valence-electron chi connectivity index (χ0n) is 12.2. The molecule has 2 aromatic rings. The SMILES string of the molecule is Cc1ccc(Cl)cc1S(=O)(=O)NCCC(O)c1ccccc1. The first kappa shape index (κ1) is 17.0. The summed E-state index contributed by atoms with van der Waals surface area (Å²) < 4.78 is 27.0. The van der Waals surface area contributed by atoms with E-state index in [1.54, 1.807) is 31.2 Å². The third-order valence-corrected chi connectivity index (χ3v) is 5.17. The van der Waals surface area contributed by atoms with Crippen LogP contribution in [-0.2, 0) is 10.0 Å². The molecule has 0 radical (unpaired) electrons. The predicted molar refractivity (Wildman–Crippen MR) is 87.4 cm³/mol. The number of aliphatic hydroxyl groups excluding tert-OH is 1. The summed E-state index contributed by atoms with van der Waals surface area (Å²) in [5.41, 5.74) is 1.39. The lowest BCUT2D eigenvalue weighted by atomic mass is 10.1. The maximum Gasteiger partial charge on any atom is 0.240 e. The Morgan fingerprint density at radius 1 is 1.18 bits per heavy atom. The van der Waals surface area contributed by atoms with Crippen molar-refractivity contribution in [2.45, 2.75) is 24.3 Å². The van der Waals surface area contributed by atoms with Gasteiger partial charge in [0.15, 0.2) is 0 Å². The Labute approximate surface area is 135 Å². The van der Waals surface area contributed by atoms with Gasteiger partial charge < -0.3 is 5.11 Å². The summed E-state index contributed by atoms with van der Waals surface area (Å²) in [6.45, 7) is 1.86. The lowest BCUT2D eigenvalue weighted by molar-refractivity contribution is 0.169. The van der Waals surface area contributed by atoms with E-state index in [-0.39, 0.29) is 11.4 Å². The van der Waals surface area contributed by atoms with E-state index >= 15 is 0 Å². The van der Waals surface area contributed by atoms with Crippen LogP contribution in [0.4, 0.5) is 0 Å². The van der Waals surface area contributed by atoms with Crippen molar-refractivity contribution in [1.29, 1.82) is 0 Å². The number of hydrogen-bond acceptors (Lipinski definition) is 3. The van der Waals surface area contributed by atoms with Gasteiger partial charge in [0.2, 0.25) is 10.0 Å². The van der Waals surface area contributed by atoms with Gasteiger partial charge in [0.1, 0.15) is 0 Å². The fraction of sp³-hybridized carbons (Fsp3) is 0.250. The third-order valence-electron chi connectivity index (χ3n) is 3.33. The highest BCUT2D eigenvalue weighted by Crippen LogP contribution is 2.20. The molecule has 0 aliphatic heterocycles. The van der Waals surface area contributed by atoms with Crippen LogP contribution >= 0.6 is 11.6 Å². The normalized spacial score (nSPS) is 13.0. The van der Waals surface area contributed by atoms with Crippen molar-refractivity contribution < 1.29 is 13.5 Å². The molecule has 0 saturated heterocycles. The Morgan fingerprint density at radius 3 is 2.55 bits per heavy atom. The smallest absolute Gasteiger partial charge is 0.240 e. The molecule has 0 aliphatic carbocycles. The van der Waals surface area contributed by atoms with E-state index in [2.05, 4.69) is 4.72 Å². The van der Waals surface area contributed by atoms with Gasteiger partial charge >= 0.3 is 0 Å². The fourth-order valence-corrected chi connectivity index (χ4v) is 3.67. The van der Waals surface area contributed by atoms with Gasteiger partial charge in [-0.25, -0.2) is 13.1 Å². The number of sulfonamides is 1. The van der Waals surface area contributed by atoms with Gasteiger partial charge in [0.25, 0.3) is 0 Å². The first-order valence-corrected chi connectivity index (χ1v) is 8.75. The quantitative estimate of drug-likeness (QED) is 0.850. The molecular weight excluding hydrogens is 322 g/mol. The number of aliphatic hydroxyl groups is 1. The Kier molecular flexibility index (Phi) is 5.58. The molecule has 0 spiro atoms. The molecule has 22 heavy (non-hydrogen) atoms. The van der Waals surface area contributed by atoms with E-state index in [4.69, 9.17) is 11.6 Å². The highest BCUT2D eigenvalue weighted by Gasteiger charge is 2.17. The van der Waals surface area contributed by atoms with E-state index in [0.29, 0.717) is 17.0 Å². The molecule has 0 amide bonds. The fourth-order valence-electron chi connectivity index (χ4n) is 2.11. The molecule has 2 rings (SSSR count). The number of hydrogen-bond donors (Lipinski definition) is 2. The average molecular weight is 340 g/mol. The molecule has 4 nitrogen and oxygen atoms in total. The van der Waals surface area contributed by atoms with Gasteiger partial charge in [-0.2, -0.15) is 0 Å². The Hall–Kier alpha value is -1.40. The zero-order chi connectivity index (χ0) is 16.2. The highest BCUT2D eigenvalue weighted by molar-refractivity contribution is 7.89. The minimum absolute atomic E-state index is 0.143. The second-order valence-corrected chi connectivity index (χ2v) is 7.19. The number of nitrogens with one attached hydrogen (secondary N) is 1. The zero-order valence-corrected chi connectivity index (χ0v) is 13.7. The first-order valence-electron chi connectivity index (χ1n) is 6.89. The number of aryl methyl sites for hydroxylation is 1. The van der Waals surface area contributed by atoms with Crippen LogP contribution in [0.25, 0.3) is 0 Å². The van der Waals surface area contributed by atoms with Crippen molar-refractivity contribution in [1.82, 2.24) is 4.72 Å². The molecule has 0 fully saturated rings. The molecule has 0 heterocycles. The van der Waals surface area contributed by atoms with Crippen molar-refractivity contribution in [3.8, 4) is 0 Å². The maximum absolute atomic E-state index is 12.3. The van der Waals surface area contributed by atoms with Crippen LogP contribution in [0.2, 0.25) is 5.02 Å². The Bertz CT molecular complexity index is 732. The molecule has 0 aliphatic rings. The van der Waals surface area contributed by atoms with E-state index in [1.807, 2.05) is 18.2 Å². The van der Waals surface area contributed by atoms with Gasteiger partial charge in [-0.3, -0.25) is 0 Å². The van der Waals surface area contributed by atoms with Crippen molar-refractivity contribution in [2.75, 3.05) is 6.54 Å². The molecular formula is C16H18ClNO3S. The van der Waals surface area contributed by atoms with Crippen molar-refractivity contribution in [3.63, 3.8) is 0 Å². The number of halogens is 1. The van der Waals surface area contributed by atoms with Crippen LogP contribution in [0.1, 0.15) is 23.7 Å². The largest absolute Gasteiger partial charge is 0.388 e. The molecule has 6 heteroatoms. The van der Waals surface area contributed by atoms with E-state index < -0.39 is 16.1 Å². The summed E-state index contributed by atoms with van der Waals surface area (Å²) in [5.74, 6) is 0. The van der Waals surface area contributed by atoms with Crippen molar-refractivity contribution >= 4 is 21.6 Å². The third kappa shape index (κ3) is 4.30. The van der Waals surface area contributed by atoms with Gasteiger partial charge in [-0.05, 0) is 36.6 Å². The van der Waals surface area contributed by atoms with E-state index in [1.165, 1.54) is 6.07 Å². The summed E-state index contributed by atoms with van der Waals surface area (Å²) in [5, 5.41) is 10.4. The minimum Gasteiger partial charge on any atom is -0.388 e. The molecule has 0 saturated carbocycles. The van der Waals surface area contributed by atoms with Gasteiger partial charge in [0, 0.05) is 11.6 Å². The second-order valence-electron chi connectivity index (χ2n) is 5.02. The van der Waals surface area contributed by atoms with Crippen molar-refractivity contribution in [2.24, 2.45) is 0 Å². The minimum atomic E-state index is -3.64. The monoisotopic (exact) mass is 339 g/mol. The number of benzene rings is 2. The lowest BCUT2D eigenvalue weighted by Crippen LogP contribution is -2.26. The molecule has 118 valence electrons. The van der Waals surface area contributed by atoms with E-state index in [0.717, 1.165) is 5.56 Å². The standard InChI is InChI=1S/C16H18ClNO3S/c1-12-7-8-14(17)11-16(12)22(20,21)18-10-9-15(19)13-5-3-2-4-6-13/h2-8,11,15,18-19H,9-10H2,1H3. The molecule has 1 atom stereocenters. The Morgan fingerprint density at radius 2 is 1.86 bits per heavy atom. The van der Waals surface area contributed by atoms with Crippen LogP contribution in [0.15, 0.2) is 53.4 Å². The summed E-state index contributed by atoms with van der Waals surface area (Å²) >= 11 is 5.86. The predicted octanol–water partition coefficient (Wildman–Crippen LogP) is 3.05. The summed E-state index contributed by atoms with van der Waals surface area (Å²) in [6.07, 6.45) is -0.410. The summed E-state index contributed by atoms with van der Waals surface area (Å²) in [6, 6.07) is 13.9. The molecule has 0 aromatic heterocycles. The lowest BCUT2D eigenvalue weighted by Gasteiger charge is -2.13. The van der Waals surface area contributed by atoms with Crippen LogP contribution in [0.5, 0.6) is 0 Å². The average Bonchev–Trinajstić information content (AvgIpc) is 2.50. The van der Waals surface area contributed by atoms with E-state index in [9.17, 15) is 13.5 Å². The molecule has 2 N–H and O–H groups in total. The second kappa shape index (κ2) is 7.24. The van der Waals surface area contributed by atoms with Gasteiger partial charge in [-0.15, -0.1) is 0 Å². The molecule has 1 unspecified atom stereocenters. The summed E-state index contributed by atoms with van der Waals surface area (Å²) in [4.78, 5) is 0.161. The van der Waals surface area contributed by atoms with Gasteiger partial charge in [0.05, 0.1) is 11.0 Å². The maximum atomic E-state index is 12.3. The Balaban J connectivity index is 2.00. The highest BCUT2D eigenvalue weighted by atomic mass is 35.5. The first-order chi connectivity index (χ1) is 10.4. The number of rotatable bonds is 6. The molecule has 0 bridgehead atoms. The van der Waals surface area contributed by atoms with Crippen LogP contribution in [0.3, 0.4) is 0 Å². The topological polar surface area (TPSA) is 66.4 Å². The van der Waals surface area contributed by atoms with Gasteiger partial charge in [-0.1, -0.05) is 48.0 Å². The van der Waals surface area contributed by atoms with Crippen LogP contribution in [-0.4, -0.2) is 20.1 Å². The van der Waals surface area contributed by atoms with Crippen LogP contribution < -0.4 is 4.72 Å². The van der Waals surface area contributed by atoms with Crippen LogP contribution in [0, 0.1) is 6.92 Å².